The third kappa shape index (κ3) is 4.37. The second-order valence-corrected chi connectivity index (χ2v) is 2.25. The quantitative estimate of drug-likeness (QED) is 0.548. The van der Waals surface area contributed by atoms with Crippen molar-refractivity contribution >= 4 is 16.9 Å². The van der Waals surface area contributed by atoms with Gasteiger partial charge in [0.25, 0.3) is 0 Å². The van der Waals surface area contributed by atoms with Crippen molar-refractivity contribution < 1.29 is 4.74 Å². The number of hydrogen-bond donors (Lipinski definition) is 0. The first-order valence-corrected chi connectivity index (χ1v) is 4.34. The zero-order valence-corrected chi connectivity index (χ0v) is 7.40. The average molecular weight is 164 g/mol. The van der Waals surface area contributed by atoms with E-state index in [2.05, 4.69) is 13.8 Å². The van der Waals surface area contributed by atoms with Gasteiger partial charge in [-0.15, -0.1) is 0 Å². The van der Waals surface area contributed by atoms with E-state index in [0.717, 1.165) is 11.8 Å². The van der Waals surface area contributed by atoms with Crippen molar-refractivity contribution in [2.45, 2.75) is 26.4 Å². The fourth-order valence-corrected chi connectivity index (χ4v) is 0.971. The van der Waals surface area contributed by atoms with Gasteiger partial charge >= 0.3 is 53.4 Å². The summed E-state index contributed by atoms with van der Waals surface area (Å²) in [5.41, 5.74) is 0. The van der Waals surface area contributed by atoms with Crippen LogP contribution in [-0.4, -0.2) is 28.4 Å². The number of hydrogen-bond acceptors (Lipinski definition) is 1. The Kier molecular flexibility index (Phi) is 5.02. The van der Waals surface area contributed by atoms with E-state index in [-0.39, 0.29) is 0 Å². The van der Waals surface area contributed by atoms with E-state index in [0.29, 0.717) is 6.10 Å². The van der Waals surface area contributed by atoms with Gasteiger partial charge in [0.2, 0.25) is 0 Å². The minimum atomic E-state index is 0.465. The summed E-state index contributed by atoms with van der Waals surface area (Å²) in [6.07, 6.45) is 1.59. The Balaban J connectivity index is 2.83. The van der Waals surface area contributed by atoms with E-state index in [4.69, 9.17) is 4.74 Å². The van der Waals surface area contributed by atoms with Gasteiger partial charge in [-0.2, -0.15) is 0 Å². The second kappa shape index (κ2) is 4.67. The molecule has 0 aromatic heterocycles. The molecule has 0 saturated heterocycles. The Morgan fingerprint density at radius 2 is 2.29 bits per heavy atom. The standard InChI is InChI=1S/C5H13AsO/c1-3-5(2)7-4-6/h5H,3-4,6H2,1-2H3. The second-order valence-electron chi connectivity index (χ2n) is 1.55. The molecule has 2 atom stereocenters. The Hall–Kier alpha value is 0.518. The molecule has 0 rings (SSSR count). The van der Waals surface area contributed by atoms with Gasteiger partial charge in [-0.1, -0.05) is 0 Å². The maximum atomic E-state index is 5.22. The summed E-state index contributed by atoms with van der Waals surface area (Å²) in [4.78, 5) is 0. The molecule has 44 valence electrons. The molecule has 0 aromatic carbocycles. The Labute approximate surface area is 53.9 Å². The van der Waals surface area contributed by atoms with Gasteiger partial charge in [-0.3, -0.25) is 0 Å². The molecule has 0 aliphatic rings. The summed E-state index contributed by atoms with van der Waals surface area (Å²) in [6, 6.07) is 0. The van der Waals surface area contributed by atoms with Crippen LogP contribution < -0.4 is 0 Å². The predicted octanol–water partition coefficient (Wildman–Crippen LogP) is 0.392. The summed E-state index contributed by atoms with van der Waals surface area (Å²) < 4.78 is 5.22. The van der Waals surface area contributed by atoms with Crippen molar-refractivity contribution in [3.05, 3.63) is 0 Å². The summed E-state index contributed by atoms with van der Waals surface area (Å²) >= 11 is 1.64. The van der Waals surface area contributed by atoms with Crippen molar-refractivity contribution in [1.29, 1.82) is 0 Å². The average Bonchev–Trinajstić information content (AvgIpc) is 1.68. The van der Waals surface area contributed by atoms with Crippen molar-refractivity contribution in [3.63, 3.8) is 0 Å². The Bertz CT molecular complexity index is 39.1. The van der Waals surface area contributed by atoms with Crippen LogP contribution in [0.4, 0.5) is 0 Å². The van der Waals surface area contributed by atoms with Gasteiger partial charge < -0.3 is 0 Å². The van der Waals surface area contributed by atoms with E-state index in [9.17, 15) is 0 Å². The first kappa shape index (κ1) is 7.52. The van der Waals surface area contributed by atoms with Gasteiger partial charge in [0.1, 0.15) is 0 Å². The van der Waals surface area contributed by atoms with Crippen LogP contribution >= 0.6 is 0 Å². The van der Waals surface area contributed by atoms with Crippen LogP contribution in [0.2, 0.25) is 0 Å². The normalized spacial score (nSPS) is 14.1. The van der Waals surface area contributed by atoms with Crippen molar-refractivity contribution in [2.24, 2.45) is 0 Å². The third-order valence-corrected chi connectivity index (χ3v) is 1.36. The molecule has 0 spiro atoms. The summed E-state index contributed by atoms with van der Waals surface area (Å²) in [5, 5.41) is 0.905. The molecule has 0 fully saturated rings. The molecule has 2 unspecified atom stereocenters. The van der Waals surface area contributed by atoms with Crippen LogP contribution in [0.15, 0.2) is 0 Å². The van der Waals surface area contributed by atoms with Gasteiger partial charge in [0.05, 0.1) is 0 Å². The number of rotatable bonds is 3. The molecule has 0 aliphatic carbocycles. The molecular weight excluding hydrogens is 151 g/mol. The van der Waals surface area contributed by atoms with E-state index < -0.39 is 0 Å². The van der Waals surface area contributed by atoms with Gasteiger partial charge in [-0.05, 0) is 0 Å². The van der Waals surface area contributed by atoms with Crippen molar-refractivity contribution in [2.75, 3.05) is 5.39 Å². The van der Waals surface area contributed by atoms with Gasteiger partial charge in [0.15, 0.2) is 0 Å². The third-order valence-electron chi connectivity index (χ3n) is 0.956. The maximum absolute atomic E-state index is 5.22. The predicted molar refractivity (Wildman–Crippen MR) is 34.2 cm³/mol. The molecule has 0 radical (unpaired) electrons. The van der Waals surface area contributed by atoms with Crippen LogP contribution in [0.3, 0.4) is 0 Å². The molecule has 0 aliphatic heterocycles. The van der Waals surface area contributed by atoms with Crippen LogP contribution in [0.1, 0.15) is 20.3 Å². The first-order chi connectivity index (χ1) is 3.31. The molecule has 7 heavy (non-hydrogen) atoms. The van der Waals surface area contributed by atoms with Gasteiger partial charge in [-0.25, -0.2) is 0 Å². The zero-order valence-electron chi connectivity index (χ0n) is 4.98. The number of ether oxygens (including phenoxy) is 1. The monoisotopic (exact) mass is 164 g/mol. The summed E-state index contributed by atoms with van der Waals surface area (Å²) in [7, 11) is 0. The van der Waals surface area contributed by atoms with Crippen molar-refractivity contribution in [3.8, 4) is 0 Å². The van der Waals surface area contributed by atoms with Gasteiger partial charge in [0, 0.05) is 0 Å². The summed E-state index contributed by atoms with van der Waals surface area (Å²) in [6.45, 7) is 4.23. The molecule has 2 heteroatoms. The van der Waals surface area contributed by atoms with Crippen LogP contribution in [-0.2, 0) is 4.74 Å². The molecule has 0 N–H and O–H groups in total. The fourth-order valence-electron chi connectivity index (χ4n) is 0.282. The van der Waals surface area contributed by atoms with Crippen LogP contribution in [0.25, 0.3) is 0 Å². The first-order valence-electron chi connectivity index (χ1n) is 2.63. The Morgan fingerprint density at radius 3 is 2.43 bits per heavy atom. The fraction of sp³-hybridized carbons (Fsp3) is 1.00. The van der Waals surface area contributed by atoms with Crippen LogP contribution in [0, 0.1) is 0 Å². The van der Waals surface area contributed by atoms with Crippen molar-refractivity contribution in [1.82, 2.24) is 0 Å². The summed E-state index contributed by atoms with van der Waals surface area (Å²) in [5.74, 6) is 0. The molecule has 0 saturated carbocycles. The van der Waals surface area contributed by atoms with E-state index in [1.54, 1.807) is 16.9 Å². The molecule has 1 nitrogen and oxygen atoms in total. The molecule has 0 amide bonds. The van der Waals surface area contributed by atoms with E-state index in [1.165, 1.54) is 0 Å². The van der Waals surface area contributed by atoms with E-state index in [1.807, 2.05) is 0 Å². The minimum absolute atomic E-state index is 0.465. The topological polar surface area (TPSA) is 9.23 Å². The SMILES string of the molecule is CCC(C)OC[AsH2]. The van der Waals surface area contributed by atoms with Crippen LogP contribution in [0.5, 0.6) is 0 Å². The van der Waals surface area contributed by atoms with E-state index >= 15 is 0 Å². The Morgan fingerprint density at radius 1 is 1.71 bits per heavy atom. The zero-order chi connectivity index (χ0) is 5.70. The molecule has 0 heterocycles. The molecule has 0 bridgehead atoms. The molecule has 0 aromatic rings. The molecular formula is C5H13AsO.